The highest BCUT2D eigenvalue weighted by molar-refractivity contribution is 7.13. The number of rotatable bonds is 5. The van der Waals surface area contributed by atoms with Crippen molar-refractivity contribution in [1.29, 1.82) is 0 Å². The summed E-state index contributed by atoms with van der Waals surface area (Å²) in [6.45, 7) is 2.19. The number of amides is 1. The zero-order valence-electron chi connectivity index (χ0n) is 11.8. The molecular weight excluding hydrogens is 288 g/mol. The van der Waals surface area contributed by atoms with E-state index in [-0.39, 0.29) is 6.54 Å². The third kappa shape index (κ3) is 4.32. The van der Waals surface area contributed by atoms with Crippen LogP contribution in [0.15, 0.2) is 41.5 Å². The Morgan fingerprint density at radius 3 is 2.57 bits per heavy atom. The maximum absolute atomic E-state index is 11.2. The molecule has 5 nitrogen and oxygen atoms in total. The molecule has 6 heteroatoms. The number of carbonyl (C=O) groups is 1. The Morgan fingerprint density at radius 2 is 2.05 bits per heavy atom. The molecule has 1 heterocycles. The summed E-state index contributed by atoms with van der Waals surface area (Å²) in [6.07, 6.45) is 0.477. The quantitative estimate of drug-likeness (QED) is 0.678. The van der Waals surface area contributed by atoms with E-state index in [1.165, 1.54) is 0 Å². The zero-order valence-corrected chi connectivity index (χ0v) is 12.6. The number of hydrazone groups is 1. The standard InChI is InChI=1S/C15H16N2O3S/c1-11-3-8-14(21-11)9-16-17(15(18)19)10-12-4-6-13(20-2)7-5-12/h3-9H,10H2,1-2H3,(H,18,19). The summed E-state index contributed by atoms with van der Waals surface area (Å²) >= 11 is 1.57. The van der Waals surface area contributed by atoms with Gasteiger partial charge in [-0.2, -0.15) is 10.1 Å². The third-order valence-corrected chi connectivity index (χ3v) is 3.73. The minimum absolute atomic E-state index is 0.195. The molecule has 21 heavy (non-hydrogen) atoms. The SMILES string of the molecule is COc1ccc(CN(N=Cc2ccc(C)s2)C(=O)O)cc1. The largest absolute Gasteiger partial charge is 0.497 e. The van der Waals surface area contributed by atoms with Crippen LogP contribution in [0.2, 0.25) is 0 Å². The molecule has 1 amide bonds. The number of methoxy groups -OCH3 is 1. The first kappa shape index (κ1) is 15.1. The van der Waals surface area contributed by atoms with Crippen LogP contribution < -0.4 is 4.74 Å². The first-order chi connectivity index (χ1) is 10.1. The highest BCUT2D eigenvalue weighted by Gasteiger charge is 2.10. The molecule has 0 saturated heterocycles. The lowest BCUT2D eigenvalue weighted by molar-refractivity contribution is 0.144. The molecule has 0 bridgehead atoms. The monoisotopic (exact) mass is 304 g/mol. The molecule has 0 radical (unpaired) electrons. The summed E-state index contributed by atoms with van der Waals surface area (Å²) in [6, 6.07) is 11.1. The van der Waals surface area contributed by atoms with Gasteiger partial charge in [-0.1, -0.05) is 12.1 Å². The molecule has 110 valence electrons. The Morgan fingerprint density at radius 1 is 1.33 bits per heavy atom. The van der Waals surface area contributed by atoms with Crippen LogP contribution in [-0.2, 0) is 6.54 Å². The molecule has 0 aliphatic heterocycles. The second kappa shape index (κ2) is 6.90. The van der Waals surface area contributed by atoms with Crippen molar-refractivity contribution < 1.29 is 14.6 Å². The molecule has 0 fully saturated rings. The van der Waals surface area contributed by atoms with Gasteiger partial charge in [0.05, 0.1) is 19.9 Å². The Bertz CT molecular complexity index is 635. The van der Waals surface area contributed by atoms with Gasteiger partial charge in [0, 0.05) is 9.75 Å². The Hall–Kier alpha value is -2.34. The van der Waals surface area contributed by atoms with E-state index in [1.54, 1.807) is 36.8 Å². The van der Waals surface area contributed by atoms with Gasteiger partial charge in [0.2, 0.25) is 0 Å². The fraction of sp³-hybridized carbons (Fsp3) is 0.200. The summed E-state index contributed by atoms with van der Waals surface area (Å²) in [7, 11) is 1.59. The van der Waals surface area contributed by atoms with Gasteiger partial charge < -0.3 is 9.84 Å². The smallest absolute Gasteiger partial charge is 0.428 e. The first-order valence-electron chi connectivity index (χ1n) is 6.32. The van der Waals surface area contributed by atoms with E-state index < -0.39 is 6.09 Å². The first-order valence-corrected chi connectivity index (χ1v) is 7.14. The molecule has 1 aromatic carbocycles. The molecule has 0 aliphatic rings. The number of nitrogens with zero attached hydrogens (tertiary/aromatic N) is 2. The van der Waals surface area contributed by atoms with Crippen LogP contribution in [0.4, 0.5) is 4.79 Å². The van der Waals surface area contributed by atoms with Crippen LogP contribution in [-0.4, -0.2) is 29.5 Å². The van der Waals surface area contributed by atoms with Crippen LogP contribution in [0.1, 0.15) is 15.3 Å². The van der Waals surface area contributed by atoms with Crippen LogP contribution in [0, 0.1) is 6.92 Å². The number of benzene rings is 1. The zero-order chi connectivity index (χ0) is 15.2. The van der Waals surface area contributed by atoms with E-state index in [2.05, 4.69) is 5.10 Å². The number of thiophene rings is 1. The van der Waals surface area contributed by atoms with Gasteiger partial charge in [-0.25, -0.2) is 4.79 Å². The lowest BCUT2D eigenvalue weighted by Gasteiger charge is -2.13. The van der Waals surface area contributed by atoms with Crippen molar-refractivity contribution in [1.82, 2.24) is 5.01 Å². The fourth-order valence-corrected chi connectivity index (χ4v) is 2.45. The van der Waals surface area contributed by atoms with Crippen molar-refractivity contribution in [3.05, 3.63) is 51.7 Å². The Labute approximate surface area is 127 Å². The van der Waals surface area contributed by atoms with Crippen molar-refractivity contribution in [3.8, 4) is 5.75 Å². The summed E-state index contributed by atoms with van der Waals surface area (Å²) in [5.41, 5.74) is 0.845. The Balaban J connectivity index is 2.08. The summed E-state index contributed by atoms with van der Waals surface area (Å²) in [5, 5.41) is 14.3. The summed E-state index contributed by atoms with van der Waals surface area (Å²) in [5.74, 6) is 0.734. The molecule has 0 unspecified atom stereocenters. The van der Waals surface area contributed by atoms with Crippen LogP contribution in [0.25, 0.3) is 0 Å². The van der Waals surface area contributed by atoms with E-state index in [0.29, 0.717) is 0 Å². The van der Waals surface area contributed by atoms with Crippen LogP contribution in [0.5, 0.6) is 5.75 Å². The minimum Gasteiger partial charge on any atom is -0.497 e. The Kier molecular flexibility index (Phi) is 4.94. The van der Waals surface area contributed by atoms with Crippen molar-refractivity contribution in [2.45, 2.75) is 13.5 Å². The van der Waals surface area contributed by atoms with Gasteiger partial charge in [-0.3, -0.25) is 0 Å². The highest BCUT2D eigenvalue weighted by atomic mass is 32.1. The molecule has 1 aromatic heterocycles. The number of hydrogen-bond acceptors (Lipinski definition) is 4. The van der Waals surface area contributed by atoms with Gasteiger partial charge in [0.25, 0.3) is 0 Å². The van der Waals surface area contributed by atoms with E-state index >= 15 is 0 Å². The van der Waals surface area contributed by atoms with Crippen LogP contribution in [0.3, 0.4) is 0 Å². The lowest BCUT2D eigenvalue weighted by Crippen LogP contribution is -2.23. The topological polar surface area (TPSA) is 62.1 Å². The van der Waals surface area contributed by atoms with Gasteiger partial charge in [0.15, 0.2) is 0 Å². The van der Waals surface area contributed by atoms with Crippen LogP contribution >= 0.6 is 11.3 Å². The van der Waals surface area contributed by atoms with E-state index in [9.17, 15) is 9.90 Å². The second-order valence-corrected chi connectivity index (χ2v) is 5.70. The molecular formula is C15H16N2O3S. The predicted octanol–water partition coefficient (Wildman–Crippen LogP) is 3.58. The molecule has 0 aliphatic carbocycles. The lowest BCUT2D eigenvalue weighted by atomic mass is 10.2. The average Bonchev–Trinajstić information content (AvgIpc) is 2.89. The second-order valence-electron chi connectivity index (χ2n) is 4.38. The van der Waals surface area contributed by atoms with Crippen molar-refractivity contribution in [2.24, 2.45) is 5.10 Å². The fourth-order valence-electron chi connectivity index (χ4n) is 1.71. The van der Waals surface area contributed by atoms with E-state index in [0.717, 1.165) is 26.1 Å². The van der Waals surface area contributed by atoms with E-state index in [1.807, 2.05) is 31.2 Å². The molecule has 0 spiro atoms. The number of aryl methyl sites for hydroxylation is 1. The number of ether oxygens (including phenoxy) is 1. The van der Waals surface area contributed by atoms with Gasteiger partial charge >= 0.3 is 6.09 Å². The molecule has 0 atom stereocenters. The minimum atomic E-state index is -1.09. The molecule has 2 rings (SSSR count). The predicted molar refractivity (Wildman–Crippen MR) is 83.2 cm³/mol. The maximum atomic E-state index is 11.2. The third-order valence-electron chi connectivity index (χ3n) is 2.80. The van der Waals surface area contributed by atoms with Gasteiger partial charge in [-0.15, -0.1) is 11.3 Å². The highest BCUT2D eigenvalue weighted by Crippen LogP contribution is 2.15. The van der Waals surface area contributed by atoms with Crippen molar-refractivity contribution in [2.75, 3.05) is 7.11 Å². The maximum Gasteiger partial charge on any atom is 0.428 e. The van der Waals surface area contributed by atoms with Crippen molar-refractivity contribution >= 4 is 23.6 Å². The van der Waals surface area contributed by atoms with E-state index in [4.69, 9.17) is 4.74 Å². The van der Waals surface area contributed by atoms with Gasteiger partial charge in [0.1, 0.15) is 5.75 Å². The summed E-state index contributed by atoms with van der Waals surface area (Å²) < 4.78 is 5.07. The summed E-state index contributed by atoms with van der Waals surface area (Å²) in [4.78, 5) is 13.3. The number of hydrogen-bond donors (Lipinski definition) is 1. The number of carboxylic acid groups (broad SMARTS) is 1. The molecule has 2 aromatic rings. The molecule has 0 saturated carbocycles. The average molecular weight is 304 g/mol. The van der Waals surface area contributed by atoms with Gasteiger partial charge in [-0.05, 0) is 36.8 Å². The molecule has 1 N–H and O–H groups in total. The normalized spacial score (nSPS) is 10.8. The van der Waals surface area contributed by atoms with Crippen molar-refractivity contribution in [3.63, 3.8) is 0 Å².